The van der Waals surface area contributed by atoms with Crippen molar-refractivity contribution in [3.05, 3.63) is 42.4 Å². The smallest absolute Gasteiger partial charge is 0.184 e. The van der Waals surface area contributed by atoms with Crippen molar-refractivity contribution in [2.75, 3.05) is 0 Å². The van der Waals surface area contributed by atoms with Gasteiger partial charge < -0.3 is 14.7 Å². The lowest BCUT2D eigenvalue weighted by molar-refractivity contribution is 0.362. The number of hydrogen-bond donors (Lipinski definition) is 2. The van der Waals surface area contributed by atoms with E-state index in [0.717, 1.165) is 33.7 Å². The van der Waals surface area contributed by atoms with E-state index in [9.17, 15) is 0 Å². The number of rotatable bonds is 4. The molecule has 0 bridgehead atoms. The Morgan fingerprint density at radius 2 is 2.11 bits per heavy atom. The van der Waals surface area contributed by atoms with Gasteiger partial charge in [0.05, 0.1) is 28.6 Å². The van der Waals surface area contributed by atoms with E-state index in [1.54, 1.807) is 12.5 Å². The van der Waals surface area contributed by atoms with Crippen LogP contribution in [0.25, 0.3) is 22.4 Å². The predicted molar refractivity (Wildman–Crippen MR) is 112 cm³/mol. The molecule has 0 aliphatic heterocycles. The number of benzene rings is 1. The molecular weight excluding hydrogens is 358 g/mol. The average molecular weight is 382 g/mol. The van der Waals surface area contributed by atoms with Gasteiger partial charge in [-0.25, -0.2) is 4.98 Å². The second kappa shape index (κ2) is 7.52. The summed E-state index contributed by atoms with van der Waals surface area (Å²) in [5.74, 6) is 0.971. The van der Waals surface area contributed by atoms with Crippen molar-refractivity contribution in [2.45, 2.75) is 45.1 Å². The Hall–Kier alpha value is -2.67. The third kappa shape index (κ3) is 3.60. The van der Waals surface area contributed by atoms with E-state index in [1.807, 2.05) is 13.0 Å². The summed E-state index contributed by atoms with van der Waals surface area (Å²) in [7, 11) is 0. The Labute approximate surface area is 163 Å². The molecular formula is C20H23N5OS. The third-order valence-corrected chi connectivity index (χ3v) is 5.25. The van der Waals surface area contributed by atoms with Crippen LogP contribution in [-0.2, 0) is 0 Å². The molecule has 3 aromatic rings. The summed E-state index contributed by atoms with van der Waals surface area (Å²) in [6.45, 7) is 1.92. The SMILES string of the molecule is C/C(=N\NC(N)=S)c1ccc2c(c1)nc(-c1ccoc1)n2C1CCCCC1. The Kier molecular flexibility index (Phi) is 4.94. The molecule has 3 N–H and O–H groups in total. The monoisotopic (exact) mass is 381 g/mol. The van der Waals surface area contributed by atoms with Gasteiger partial charge in [-0.2, -0.15) is 5.10 Å². The number of hydrazone groups is 1. The number of hydrogen-bond acceptors (Lipinski definition) is 4. The van der Waals surface area contributed by atoms with E-state index in [1.165, 1.54) is 32.1 Å². The van der Waals surface area contributed by atoms with Crippen LogP contribution in [0.15, 0.2) is 46.3 Å². The highest BCUT2D eigenvalue weighted by atomic mass is 32.1. The fourth-order valence-corrected chi connectivity index (χ4v) is 3.88. The van der Waals surface area contributed by atoms with Crippen LogP contribution in [0, 0.1) is 0 Å². The van der Waals surface area contributed by atoms with Crippen LogP contribution in [0.3, 0.4) is 0 Å². The second-order valence-corrected chi connectivity index (χ2v) is 7.43. The lowest BCUT2D eigenvalue weighted by Crippen LogP contribution is -2.25. The minimum Gasteiger partial charge on any atom is -0.472 e. The first-order valence-electron chi connectivity index (χ1n) is 9.28. The zero-order valence-corrected chi connectivity index (χ0v) is 16.1. The molecule has 2 aromatic heterocycles. The average Bonchev–Trinajstić information content (AvgIpc) is 3.33. The van der Waals surface area contributed by atoms with Crippen molar-refractivity contribution in [2.24, 2.45) is 10.8 Å². The van der Waals surface area contributed by atoms with E-state index >= 15 is 0 Å². The van der Waals surface area contributed by atoms with E-state index < -0.39 is 0 Å². The zero-order chi connectivity index (χ0) is 18.8. The molecule has 2 heterocycles. The molecule has 4 rings (SSSR count). The first-order valence-corrected chi connectivity index (χ1v) is 9.69. The molecule has 0 unspecified atom stereocenters. The van der Waals surface area contributed by atoms with Crippen LogP contribution in [0.2, 0.25) is 0 Å². The van der Waals surface area contributed by atoms with Crippen LogP contribution in [0.1, 0.15) is 50.6 Å². The molecule has 0 saturated heterocycles. The van der Waals surface area contributed by atoms with Gasteiger partial charge >= 0.3 is 0 Å². The summed E-state index contributed by atoms with van der Waals surface area (Å²) in [5.41, 5.74) is 13.0. The number of nitrogens with zero attached hydrogens (tertiary/aromatic N) is 3. The van der Waals surface area contributed by atoms with Gasteiger partial charge in [-0.1, -0.05) is 25.3 Å². The van der Waals surface area contributed by atoms with Crippen molar-refractivity contribution in [1.29, 1.82) is 0 Å². The van der Waals surface area contributed by atoms with Gasteiger partial charge in [-0.05, 0) is 55.7 Å². The number of fused-ring (bicyclic) bond motifs is 1. The number of nitrogens with two attached hydrogens (primary N) is 1. The van der Waals surface area contributed by atoms with Crippen LogP contribution in [0.4, 0.5) is 0 Å². The first kappa shape index (κ1) is 17.7. The Bertz CT molecular complexity index is 983. The Morgan fingerprint density at radius 3 is 2.81 bits per heavy atom. The van der Waals surface area contributed by atoms with E-state index in [0.29, 0.717) is 6.04 Å². The van der Waals surface area contributed by atoms with E-state index in [-0.39, 0.29) is 5.11 Å². The van der Waals surface area contributed by atoms with Crippen LogP contribution >= 0.6 is 12.2 Å². The molecule has 27 heavy (non-hydrogen) atoms. The van der Waals surface area contributed by atoms with Gasteiger partial charge in [-0.15, -0.1) is 0 Å². The minimum atomic E-state index is 0.152. The highest BCUT2D eigenvalue weighted by Crippen LogP contribution is 2.36. The summed E-state index contributed by atoms with van der Waals surface area (Å²) in [4.78, 5) is 4.95. The topological polar surface area (TPSA) is 81.4 Å². The number of aromatic nitrogens is 2. The molecule has 1 aromatic carbocycles. The summed E-state index contributed by atoms with van der Waals surface area (Å²) < 4.78 is 7.71. The molecule has 1 aliphatic carbocycles. The van der Waals surface area contributed by atoms with Gasteiger partial charge in [0.1, 0.15) is 12.1 Å². The molecule has 140 valence electrons. The third-order valence-electron chi connectivity index (χ3n) is 5.16. The maximum absolute atomic E-state index is 5.46. The zero-order valence-electron chi connectivity index (χ0n) is 15.3. The molecule has 0 spiro atoms. The summed E-state index contributed by atoms with van der Waals surface area (Å²) in [5, 5.41) is 4.37. The highest BCUT2D eigenvalue weighted by Gasteiger charge is 2.23. The summed E-state index contributed by atoms with van der Waals surface area (Å²) in [6.07, 6.45) is 9.70. The quantitative estimate of drug-likeness (QED) is 0.399. The van der Waals surface area contributed by atoms with Gasteiger partial charge in [0.25, 0.3) is 0 Å². The second-order valence-electron chi connectivity index (χ2n) is 6.99. The lowest BCUT2D eigenvalue weighted by Gasteiger charge is -2.25. The first-order chi connectivity index (χ1) is 13.1. The van der Waals surface area contributed by atoms with Crippen molar-refractivity contribution < 1.29 is 4.42 Å². The van der Waals surface area contributed by atoms with Crippen LogP contribution in [-0.4, -0.2) is 20.4 Å². The molecule has 7 heteroatoms. The van der Waals surface area contributed by atoms with E-state index in [4.69, 9.17) is 27.4 Å². The molecule has 0 amide bonds. The normalized spacial score (nSPS) is 16.0. The largest absolute Gasteiger partial charge is 0.472 e. The minimum absolute atomic E-state index is 0.152. The highest BCUT2D eigenvalue weighted by molar-refractivity contribution is 7.80. The van der Waals surface area contributed by atoms with E-state index in [2.05, 4.69) is 33.3 Å². The van der Waals surface area contributed by atoms with Crippen molar-refractivity contribution in [3.8, 4) is 11.4 Å². The van der Waals surface area contributed by atoms with Gasteiger partial charge in [0, 0.05) is 6.04 Å². The van der Waals surface area contributed by atoms with Crippen molar-refractivity contribution in [1.82, 2.24) is 15.0 Å². The molecule has 1 fully saturated rings. The number of nitrogens with one attached hydrogen (secondary N) is 1. The number of furan rings is 1. The fourth-order valence-electron chi connectivity index (χ4n) is 3.83. The Morgan fingerprint density at radius 1 is 1.30 bits per heavy atom. The fraction of sp³-hybridized carbons (Fsp3) is 0.350. The maximum atomic E-state index is 5.46. The van der Waals surface area contributed by atoms with Crippen LogP contribution < -0.4 is 11.2 Å². The molecule has 0 radical (unpaired) electrons. The Balaban J connectivity index is 1.81. The van der Waals surface area contributed by atoms with Gasteiger partial charge in [0.2, 0.25) is 0 Å². The maximum Gasteiger partial charge on any atom is 0.184 e. The van der Waals surface area contributed by atoms with Crippen LogP contribution in [0.5, 0.6) is 0 Å². The van der Waals surface area contributed by atoms with Gasteiger partial charge in [-0.3, -0.25) is 5.43 Å². The number of imidazole rings is 1. The van der Waals surface area contributed by atoms with Crippen molar-refractivity contribution in [3.63, 3.8) is 0 Å². The summed E-state index contributed by atoms with van der Waals surface area (Å²) in [6, 6.07) is 8.72. The molecule has 0 atom stereocenters. The predicted octanol–water partition coefficient (Wildman–Crippen LogP) is 4.36. The molecule has 6 nitrogen and oxygen atoms in total. The summed E-state index contributed by atoms with van der Waals surface area (Å²) >= 11 is 4.81. The van der Waals surface area contributed by atoms with Crippen molar-refractivity contribution >= 4 is 34.1 Å². The van der Waals surface area contributed by atoms with Gasteiger partial charge in [0.15, 0.2) is 5.11 Å². The standard InChI is InChI=1S/C20H23N5OS/c1-13(23-24-20(21)27)14-7-8-18-17(11-14)22-19(15-9-10-26-12-15)25(18)16-5-3-2-4-6-16/h7-12,16H,2-6H2,1H3,(H3,21,24,27)/b23-13+. The lowest BCUT2D eigenvalue weighted by atomic mass is 9.95. The number of thiocarbonyl (C=S) groups is 1. The molecule has 1 saturated carbocycles. The molecule has 1 aliphatic rings.